The Kier molecular flexibility index (Phi) is 7.71. The van der Waals surface area contributed by atoms with Crippen LogP contribution in [0, 0.1) is 36.5 Å². The van der Waals surface area contributed by atoms with Crippen molar-refractivity contribution in [2.24, 2.45) is 29.6 Å². The number of carbonyl (C=O) groups excluding carboxylic acids is 3. The van der Waals surface area contributed by atoms with Gasteiger partial charge in [0.25, 0.3) is 0 Å². The molecule has 2 aliphatic heterocycles. The van der Waals surface area contributed by atoms with Gasteiger partial charge in [-0.2, -0.15) is 0 Å². The topological polar surface area (TPSA) is 115 Å². The van der Waals surface area contributed by atoms with Crippen molar-refractivity contribution in [2.45, 2.75) is 43.1 Å². The van der Waals surface area contributed by atoms with Crippen LogP contribution in [0.25, 0.3) is 0 Å². The van der Waals surface area contributed by atoms with Crippen LogP contribution in [-0.4, -0.2) is 41.7 Å². The molecule has 2 bridgehead atoms. The van der Waals surface area contributed by atoms with Gasteiger partial charge in [0, 0.05) is 16.0 Å². The minimum absolute atomic E-state index is 0.00635. The Balaban J connectivity index is 1.11. The number of benzene rings is 3. The molecule has 9 nitrogen and oxygen atoms in total. The number of fused-ring (bicyclic) bond motifs is 9. The minimum Gasteiger partial charge on any atom is -0.493 e. The van der Waals surface area contributed by atoms with E-state index in [0.717, 1.165) is 33.0 Å². The minimum atomic E-state index is -0.446. The number of thioether (sulfide) groups is 1. The molecule has 2 saturated carbocycles. The highest BCUT2D eigenvalue weighted by Crippen LogP contribution is 2.68. The molecule has 2 aliphatic carbocycles. The number of aromatic amines is 1. The largest absolute Gasteiger partial charge is 0.493 e. The van der Waals surface area contributed by atoms with E-state index in [1.54, 1.807) is 50.1 Å². The summed E-state index contributed by atoms with van der Waals surface area (Å²) in [6.45, 7) is 4.45. The summed E-state index contributed by atoms with van der Waals surface area (Å²) in [6, 6.07) is 20.6. The number of H-pyrrole nitrogens is 1. The average molecular weight is 683 g/mol. The fraction of sp³-hybridized carbons (Fsp3) is 0.351. The quantitative estimate of drug-likeness (QED) is 0.173. The lowest BCUT2D eigenvalue weighted by molar-refractivity contribution is -0.123. The second kappa shape index (κ2) is 12.0. The number of nitrogens with one attached hydrogen (secondary N) is 1. The number of thiazole rings is 1. The van der Waals surface area contributed by atoms with Crippen molar-refractivity contribution in [3.63, 3.8) is 0 Å². The highest BCUT2D eigenvalue weighted by atomic mass is 32.2. The Labute approximate surface area is 285 Å². The van der Waals surface area contributed by atoms with Crippen LogP contribution < -0.4 is 19.2 Å². The van der Waals surface area contributed by atoms with E-state index in [2.05, 4.69) is 11.1 Å². The maximum Gasteiger partial charge on any atom is 0.338 e. The predicted molar refractivity (Wildman–Crippen MR) is 182 cm³/mol. The van der Waals surface area contributed by atoms with Crippen LogP contribution in [0.4, 0.5) is 5.69 Å². The van der Waals surface area contributed by atoms with Crippen molar-refractivity contribution in [1.29, 1.82) is 0 Å². The standard InChI is InChI=1S/C37H34N2O7S2/c1-4-45-36(42)20-8-11-22(12-9-20)39-34(40)29-23-16-24(30(29)35(39)41)31-28(23)27(32-33(47-31)38-37(43)48-32)21-10-13-25(26(15-21)44-3)46-17-19-7-5-6-18(2)14-19/h5-15,23-24,27-31H,4,16-17H2,1-3H3,(H,38,43)/t23-,24-,27+,28+,29+,30+,31-/m1/s1. The lowest BCUT2D eigenvalue weighted by atomic mass is 9.68. The van der Waals surface area contributed by atoms with Crippen molar-refractivity contribution in [3.8, 4) is 11.5 Å². The molecule has 1 saturated heterocycles. The fourth-order valence-electron chi connectivity index (χ4n) is 8.57. The molecule has 3 heterocycles. The van der Waals surface area contributed by atoms with Gasteiger partial charge in [-0.1, -0.05) is 47.2 Å². The van der Waals surface area contributed by atoms with E-state index in [1.165, 1.54) is 16.2 Å². The fourth-order valence-corrected chi connectivity index (χ4v) is 11.5. The highest BCUT2D eigenvalue weighted by Gasteiger charge is 2.69. The van der Waals surface area contributed by atoms with Gasteiger partial charge in [0.1, 0.15) is 6.61 Å². The van der Waals surface area contributed by atoms with Crippen LogP contribution in [0.5, 0.6) is 11.5 Å². The predicted octanol–water partition coefficient (Wildman–Crippen LogP) is 6.19. The summed E-state index contributed by atoms with van der Waals surface area (Å²) in [5.74, 6) is -0.576. The number of rotatable bonds is 8. The van der Waals surface area contributed by atoms with Crippen LogP contribution in [0.3, 0.4) is 0 Å². The van der Waals surface area contributed by atoms with Gasteiger partial charge in [-0.15, -0.1) is 11.8 Å². The van der Waals surface area contributed by atoms with Crippen LogP contribution in [-0.2, 0) is 20.9 Å². The van der Waals surface area contributed by atoms with Crippen molar-refractivity contribution in [3.05, 3.63) is 104 Å². The Morgan fingerprint density at radius 3 is 2.46 bits per heavy atom. The normalized spacial score (nSPS) is 26.6. The molecular weight excluding hydrogens is 649 g/mol. The van der Waals surface area contributed by atoms with Crippen molar-refractivity contribution in [2.75, 3.05) is 18.6 Å². The first-order valence-electron chi connectivity index (χ1n) is 16.2. The van der Waals surface area contributed by atoms with Gasteiger partial charge in [0.05, 0.1) is 41.8 Å². The number of carbonyl (C=O) groups is 3. The number of methoxy groups -OCH3 is 1. The van der Waals surface area contributed by atoms with E-state index in [9.17, 15) is 19.2 Å². The number of aryl methyl sites for hydroxylation is 1. The SMILES string of the molecule is CCOC(=O)c1ccc(N2C(=O)[C@H]3[C@H]4C[C@@H]([C@@H]3C2=O)[C@H]2[C@H](c3ccc(OCc5cccc(C)c5)c(OC)c3)c3sc(=O)[nH]c3S[C@H]42)cc1. The Bertz CT molecular complexity index is 2000. The van der Waals surface area contributed by atoms with E-state index in [-0.39, 0.29) is 52.2 Å². The zero-order valence-electron chi connectivity index (χ0n) is 26.6. The second-order valence-corrected chi connectivity index (χ2v) is 15.1. The number of hydrogen-bond acceptors (Lipinski definition) is 9. The maximum absolute atomic E-state index is 14.1. The van der Waals surface area contributed by atoms with Crippen LogP contribution in [0.1, 0.15) is 51.2 Å². The molecule has 1 N–H and O–H groups in total. The van der Waals surface area contributed by atoms with Gasteiger partial charge in [-0.05, 0) is 85.5 Å². The molecule has 0 unspecified atom stereocenters. The van der Waals surface area contributed by atoms with E-state index < -0.39 is 17.8 Å². The Morgan fingerprint density at radius 1 is 0.958 bits per heavy atom. The van der Waals surface area contributed by atoms with E-state index in [4.69, 9.17) is 14.2 Å². The zero-order valence-corrected chi connectivity index (χ0v) is 28.3. The molecule has 3 fully saturated rings. The molecule has 7 atom stereocenters. The Morgan fingerprint density at radius 2 is 1.73 bits per heavy atom. The lowest BCUT2D eigenvalue weighted by Gasteiger charge is -2.43. The number of nitrogens with zero attached hydrogens (tertiary/aromatic N) is 1. The van der Waals surface area contributed by atoms with Crippen molar-refractivity contribution in [1.82, 2.24) is 4.98 Å². The van der Waals surface area contributed by atoms with Gasteiger partial charge in [0.15, 0.2) is 11.5 Å². The third-order valence-corrected chi connectivity index (χ3v) is 13.0. The van der Waals surface area contributed by atoms with Gasteiger partial charge in [-0.3, -0.25) is 19.3 Å². The van der Waals surface area contributed by atoms with Crippen molar-refractivity contribution >= 4 is 46.6 Å². The average Bonchev–Trinajstić information content (AvgIpc) is 3.82. The summed E-state index contributed by atoms with van der Waals surface area (Å²) in [5.41, 5.74) is 4.05. The number of anilines is 1. The third kappa shape index (κ3) is 4.89. The molecule has 3 aromatic carbocycles. The first kappa shape index (κ1) is 31.0. The molecule has 48 heavy (non-hydrogen) atoms. The summed E-state index contributed by atoms with van der Waals surface area (Å²) >= 11 is 2.88. The maximum atomic E-state index is 14.1. The summed E-state index contributed by atoms with van der Waals surface area (Å²) in [5, 5.41) is 0.910. The van der Waals surface area contributed by atoms with Crippen LogP contribution in [0.15, 0.2) is 76.6 Å². The van der Waals surface area contributed by atoms with Crippen LogP contribution >= 0.6 is 23.1 Å². The van der Waals surface area contributed by atoms with E-state index in [1.807, 2.05) is 43.3 Å². The monoisotopic (exact) mass is 682 g/mol. The number of esters is 1. The number of hydrogen-bond donors (Lipinski definition) is 1. The molecule has 8 rings (SSSR count). The first-order chi connectivity index (χ1) is 23.3. The molecule has 11 heteroatoms. The molecule has 1 aromatic heterocycles. The summed E-state index contributed by atoms with van der Waals surface area (Å²) < 4.78 is 17.1. The zero-order chi connectivity index (χ0) is 33.3. The molecule has 2 amide bonds. The summed E-state index contributed by atoms with van der Waals surface area (Å²) in [7, 11) is 1.62. The molecule has 0 radical (unpaired) electrons. The Hall–Kier alpha value is -4.35. The molecule has 4 aliphatic rings. The van der Waals surface area contributed by atoms with Crippen molar-refractivity contribution < 1.29 is 28.6 Å². The number of imide groups is 1. The van der Waals surface area contributed by atoms with Gasteiger partial charge in [-0.25, -0.2) is 4.79 Å². The van der Waals surface area contributed by atoms with E-state index in [0.29, 0.717) is 29.4 Å². The highest BCUT2D eigenvalue weighted by molar-refractivity contribution is 8.00. The summed E-state index contributed by atoms with van der Waals surface area (Å²) in [6.07, 6.45) is 0.787. The van der Waals surface area contributed by atoms with Crippen LogP contribution in [0.2, 0.25) is 0 Å². The van der Waals surface area contributed by atoms with Gasteiger partial charge >= 0.3 is 10.8 Å². The second-order valence-electron chi connectivity index (χ2n) is 12.9. The number of aromatic nitrogens is 1. The third-order valence-electron chi connectivity index (χ3n) is 10.4. The number of ether oxygens (including phenoxy) is 3. The number of amides is 2. The van der Waals surface area contributed by atoms with E-state index >= 15 is 0 Å². The van der Waals surface area contributed by atoms with Gasteiger partial charge in [0.2, 0.25) is 11.8 Å². The summed E-state index contributed by atoms with van der Waals surface area (Å²) in [4.78, 5) is 58.3. The molecular formula is C37H34N2O7S2. The molecule has 4 aromatic rings. The van der Waals surface area contributed by atoms with Gasteiger partial charge < -0.3 is 19.2 Å². The molecule has 246 valence electrons. The lowest BCUT2D eigenvalue weighted by Crippen LogP contribution is -2.42. The molecule has 0 spiro atoms. The first-order valence-corrected chi connectivity index (χ1v) is 17.9. The smallest absolute Gasteiger partial charge is 0.338 e.